The number of amides is 3. The minimum atomic E-state index is -2.29. The van der Waals surface area contributed by atoms with E-state index in [1.165, 1.54) is 39.8 Å². The first-order valence-electron chi connectivity index (χ1n) is 13.2. The van der Waals surface area contributed by atoms with E-state index in [0.29, 0.717) is 28.8 Å². The molecule has 2 aliphatic carbocycles. The van der Waals surface area contributed by atoms with Gasteiger partial charge in [-0.25, -0.2) is 18.8 Å². The number of aromatic nitrogens is 1. The summed E-state index contributed by atoms with van der Waals surface area (Å²) in [4.78, 5) is 28.9. The van der Waals surface area contributed by atoms with Gasteiger partial charge in [-0.15, -0.1) is 15.7 Å². The zero-order chi connectivity index (χ0) is 27.5. The summed E-state index contributed by atoms with van der Waals surface area (Å²) in [5, 5.41) is 6.32. The lowest BCUT2D eigenvalue weighted by atomic mass is 9.99. The molecule has 38 heavy (non-hydrogen) atoms. The molecule has 2 aliphatic rings. The quantitative estimate of drug-likeness (QED) is 0.287. The number of anilines is 1. The van der Waals surface area contributed by atoms with Gasteiger partial charge in [-0.3, -0.25) is 0 Å². The lowest BCUT2D eigenvalue weighted by molar-refractivity contribution is -0.0228. The van der Waals surface area contributed by atoms with Crippen molar-refractivity contribution >= 4 is 39.7 Å². The number of carbonyl (C=O) groups is 2. The third kappa shape index (κ3) is 7.12. The predicted molar refractivity (Wildman–Crippen MR) is 150 cm³/mol. The highest BCUT2D eigenvalue weighted by Gasteiger charge is 2.27. The van der Waals surface area contributed by atoms with Gasteiger partial charge < -0.3 is 20.1 Å². The second-order valence-corrected chi connectivity index (χ2v) is 13.7. The van der Waals surface area contributed by atoms with Crippen LogP contribution in [0.5, 0.6) is 0 Å². The van der Waals surface area contributed by atoms with E-state index in [0.717, 1.165) is 44.2 Å². The molecule has 0 bridgehead atoms. The highest BCUT2D eigenvalue weighted by molar-refractivity contribution is 7.78. The van der Waals surface area contributed by atoms with Gasteiger partial charge in [0.1, 0.15) is 20.4 Å². The number of fused-ring (bicyclic) bond motifs is 2. The normalized spacial score (nSPS) is 15.7. The summed E-state index contributed by atoms with van der Waals surface area (Å²) in [5.74, 6) is 0. The van der Waals surface area contributed by atoms with E-state index in [1.54, 1.807) is 0 Å². The number of benzene rings is 1. The molecule has 0 fully saturated rings. The monoisotopic (exact) mass is 562 g/mol. The number of aryl methyl sites for hydroxylation is 2. The van der Waals surface area contributed by atoms with Crippen LogP contribution in [0.1, 0.15) is 81.1 Å². The van der Waals surface area contributed by atoms with Crippen LogP contribution in [0.15, 0.2) is 20.8 Å². The molecule has 2 aromatic rings. The summed E-state index contributed by atoms with van der Waals surface area (Å²) in [5.41, 5.74) is 4.69. The fourth-order valence-corrected chi connectivity index (χ4v) is 6.71. The molecular formula is C27H38N4O5S2. The number of nitrogens with zero attached hydrogens (tertiary/aromatic N) is 2. The van der Waals surface area contributed by atoms with Crippen molar-refractivity contribution in [2.45, 2.75) is 95.0 Å². The van der Waals surface area contributed by atoms with Gasteiger partial charge in [0.25, 0.3) is 0 Å². The molecule has 0 radical (unpaired) electrons. The summed E-state index contributed by atoms with van der Waals surface area (Å²) in [6.07, 6.45) is 7.81. The van der Waals surface area contributed by atoms with Crippen LogP contribution in [-0.2, 0) is 51.4 Å². The second-order valence-electron chi connectivity index (χ2n) is 11.2. The van der Waals surface area contributed by atoms with Crippen LogP contribution in [0.2, 0.25) is 0 Å². The minimum Gasteiger partial charge on any atom is -0.444 e. The maximum absolute atomic E-state index is 12.9. The first kappa shape index (κ1) is 28.5. The second kappa shape index (κ2) is 11.7. The highest BCUT2D eigenvalue weighted by Crippen LogP contribution is 2.38. The number of hydrogen-bond donors (Lipinski definition) is 3. The van der Waals surface area contributed by atoms with Crippen molar-refractivity contribution in [2.75, 3.05) is 18.5 Å². The summed E-state index contributed by atoms with van der Waals surface area (Å²) >= 11 is 1.23. The maximum Gasteiger partial charge on any atom is 0.407 e. The average molecular weight is 563 g/mol. The van der Waals surface area contributed by atoms with E-state index in [1.807, 2.05) is 34.6 Å². The molecule has 1 aromatic heterocycles. The fourth-order valence-electron chi connectivity index (χ4n) is 4.83. The van der Waals surface area contributed by atoms with Crippen molar-refractivity contribution in [1.82, 2.24) is 10.3 Å². The van der Waals surface area contributed by atoms with E-state index in [2.05, 4.69) is 26.0 Å². The third-order valence-corrected chi connectivity index (χ3v) is 9.24. The zero-order valence-corrected chi connectivity index (χ0v) is 24.5. The van der Waals surface area contributed by atoms with Gasteiger partial charge in [0, 0.05) is 18.8 Å². The molecule has 1 aromatic carbocycles. The SMILES string of the molecule is CC(C)(C)OC(=O)NCCCOC(C)(C)c1ncc(/[SH](=O)=N/C(=O)Nc2c3c(cc4c2CCC4)CCC3)s1. The van der Waals surface area contributed by atoms with Gasteiger partial charge in [0.2, 0.25) is 0 Å². The van der Waals surface area contributed by atoms with Crippen LogP contribution in [0.4, 0.5) is 15.3 Å². The van der Waals surface area contributed by atoms with Crippen LogP contribution in [-0.4, -0.2) is 40.1 Å². The Kier molecular flexibility index (Phi) is 8.78. The van der Waals surface area contributed by atoms with Crippen LogP contribution in [0, 0.1) is 0 Å². The number of urea groups is 1. The van der Waals surface area contributed by atoms with Gasteiger partial charge in [-0.1, -0.05) is 6.07 Å². The van der Waals surface area contributed by atoms with Crippen molar-refractivity contribution in [2.24, 2.45) is 4.36 Å². The zero-order valence-electron chi connectivity index (χ0n) is 22.8. The topological polar surface area (TPSA) is 119 Å². The Hall–Kier alpha value is -2.50. The molecule has 0 spiro atoms. The van der Waals surface area contributed by atoms with Crippen molar-refractivity contribution in [1.29, 1.82) is 0 Å². The van der Waals surface area contributed by atoms with Crippen LogP contribution in [0.25, 0.3) is 0 Å². The smallest absolute Gasteiger partial charge is 0.407 e. The van der Waals surface area contributed by atoms with Gasteiger partial charge in [0.05, 0.1) is 16.8 Å². The largest absolute Gasteiger partial charge is 0.444 e. The van der Waals surface area contributed by atoms with E-state index < -0.39 is 33.9 Å². The van der Waals surface area contributed by atoms with Crippen molar-refractivity contribution in [3.8, 4) is 0 Å². The predicted octanol–water partition coefficient (Wildman–Crippen LogP) is 5.54. The molecule has 1 heterocycles. The molecule has 0 aliphatic heterocycles. The maximum atomic E-state index is 12.9. The molecular weight excluding hydrogens is 524 g/mol. The van der Waals surface area contributed by atoms with Gasteiger partial charge in [-0.05, 0) is 102 Å². The number of thiol groups is 1. The molecule has 11 heteroatoms. The lowest BCUT2D eigenvalue weighted by Crippen LogP contribution is -2.33. The standard InChI is InChI=1S/C27H38N4O5S2/c1-26(2,3)36-25(33)28-13-8-14-35-27(4,5)23-29-16-21(37-23)38(34)31-24(32)30-22-19-11-6-9-17(19)15-18-10-7-12-20(18)22/h15-16,38H,6-14H2,1-5H3,(H,28,33)(H,30,32). The van der Waals surface area contributed by atoms with Gasteiger partial charge in [0.15, 0.2) is 0 Å². The van der Waals surface area contributed by atoms with E-state index in [4.69, 9.17) is 9.47 Å². The molecule has 2 N–H and O–H groups in total. The number of thiazole rings is 1. The Labute approximate surface area is 230 Å². The Morgan fingerprint density at radius 2 is 1.74 bits per heavy atom. The molecule has 0 saturated heterocycles. The fraction of sp³-hybridized carbons (Fsp3) is 0.593. The molecule has 208 valence electrons. The molecule has 0 saturated carbocycles. The number of alkyl carbamates (subject to hydrolysis) is 1. The van der Waals surface area contributed by atoms with Crippen molar-refractivity contribution < 1.29 is 23.3 Å². The Balaban J connectivity index is 1.33. The van der Waals surface area contributed by atoms with Crippen LogP contribution >= 0.6 is 11.3 Å². The minimum absolute atomic E-state index is 0.391. The number of hydrogen-bond acceptors (Lipinski definition) is 7. The van der Waals surface area contributed by atoms with Gasteiger partial charge >= 0.3 is 12.1 Å². The first-order chi connectivity index (χ1) is 17.9. The van der Waals surface area contributed by atoms with E-state index >= 15 is 0 Å². The Morgan fingerprint density at radius 3 is 2.37 bits per heavy atom. The summed E-state index contributed by atoms with van der Waals surface area (Å²) in [6.45, 7) is 10.0. The number of carbonyl (C=O) groups excluding carboxylic acids is 2. The number of ether oxygens (including phenoxy) is 2. The molecule has 4 rings (SSSR count). The lowest BCUT2D eigenvalue weighted by Gasteiger charge is -2.23. The average Bonchev–Trinajstić information content (AvgIpc) is 3.57. The van der Waals surface area contributed by atoms with Crippen LogP contribution < -0.4 is 10.6 Å². The third-order valence-electron chi connectivity index (χ3n) is 6.54. The van der Waals surface area contributed by atoms with Crippen molar-refractivity contribution in [3.63, 3.8) is 0 Å². The molecule has 1 atom stereocenters. The Bertz CT molecular complexity index is 1260. The van der Waals surface area contributed by atoms with E-state index in [9.17, 15) is 13.8 Å². The van der Waals surface area contributed by atoms with Crippen molar-refractivity contribution in [3.05, 3.63) is 39.5 Å². The van der Waals surface area contributed by atoms with E-state index in [-0.39, 0.29) is 0 Å². The van der Waals surface area contributed by atoms with Gasteiger partial charge in [-0.2, -0.15) is 0 Å². The first-order valence-corrected chi connectivity index (χ1v) is 15.2. The van der Waals surface area contributed by atoms with Crippen LogP contribution in [0.3, 0.4) is 0 Å². The Morgan fingerprint density at radius 1 is 1.08 bits per heavy atom. The number of rotatable bonds is 8. The summed E-state index contributed by atoms with van der Waals surface area (Å²) < 4.78 is 28.5. The molecule has 1 unspecified atom stereocenters. The highest BCUT2D eigenvalue weighted by atomic mass is 32.2. The number of nitrogens with one attached hydrogen (secondary N) is 2. The molecule has 3 amide bonds. The summed E-state index contributed by atoms with van der Waals surface area (Å²) in [7, 11) is -2.29. The molecule has 9 nitrogen and oxygen atoms in total. The summed E-state index contributed by atoms with van der Waals surface area (Å²) in [6, 6.07) is 1.72.